The maximum absolute atomic E-state index is 12.5. The van der Waals surface area contributed by atoms with Gasteiger partial charge in [0.15, 0.2) is 5.58 Å². The van der Waals surface area contributed by atoms with Gasteiger partial charge in [-0.2, -0.15) is 13.2 Å². The molecule has 0 saturated carbocycles. The van der Waals surface area contributed by atoms with Crippen LogP contribution in [0.15, 0.2) is 57.8 Å². The van der Waals surface area contributed by atoms with Gasteiger partial charge in [-0.25, -0.2) is 4.79 Å². The van der Waals surface area contributed by atoms with Crippen molar-refractivity contribution in [3.63, 3.8) is 0 Å². The fourth-order valence-corrected chi connectivity index (χ4v) is 2.17. The minimum Gasteiger partial charge on any atom is -0.408 e. The number of carbonyl (C=O) groups is 1. The zero-order valence-electron chi connectivity index (χ0n) is 12.6. The maximum atomic E-state index is 12.5. The van der Waals surface area contributed by atoms with Crippen LogP contribution in [0.4, 0.5) is 18.9 Å². The summed E-state index contributed by atoms with van der Waals surface area (Å²) in [4.78, 5) is 25.4. The van der Waals surface area contributed by atoms with Gasteiger partial charge < -0.3 is 9.73 Å². The van der Waals surface area contributed by atoms with Crippen LogP contribution in [0.3, 0.4) is 0 Å². The molecule has 25 heavy (non-hydrogen) atoms. The van der Waals surface area contributed by atoms with Crippen LogP contribution in [-0.4, -0.2) is 10.9 Å². The number of oxazole rings is 1. The number of halogens is 3. The molecule has 1 aromatic heterocycles. The second kappa shape index (κ2) is 6.31. The molecule has 2 aromatic carbocycles. The molecule has 2 N–H and O–H groups in total. The van der Waals surface area contributed by atoms with Crippen LogP contribution < -0.4 is 11.1 Å². The summed E-state index contributed by atoms with van der Waals surface area (Å²) in [5, 5.41) is 2.58. The second-order valence-electron chi connectivity index (χ2n) is 5.17. The van der Waals surface area contributed by atoms with Gasteiger partial charge >= 0.3 is 11.9 Å². The van der Waals surface area contributed by atoms with E-state index in [1.165, 1.54) is 36.4 Å². The van der Waals surface area contributed by atoms with E-state index in [9.17, 15) is 22.8 Å². The number of alkyl halides is 3. The number of fused-ring (bicyclic) bond motifs is 1. The van der Waals surface area contributed by atoms with Crippen molar-refractivity contribution in [1.82, 2.24) is 4.98 Å². The van der Waals surface area contributed by atoms with Crippen LogP contribution in [0.25, 0.3) is 17.2 Å². The summed E-state index contributed by atoms with van der Waals surface area (Å²) in [5.74, 6) is -1.06. The number of hydrogen-bond acceptors (Lipinski definition) is 3. The van der Waals surface area contributed by atoms with Crippen molar-refractivity contribution in [1.29, 1.82) is 0 Å². The molecular formula is C17H11F3N2O3. The summed E-state index contributed by atoms with van der Waals surface area (Å²) in [6, 6.07) is 9.06. The Balaban J connectivity index is 1.68. The molecule has 3 rings (SSSR count). The van der Waals surface area contributed by atoms with Crippen molar-refractivity contribution >= 4 is 28.8 Å². The van der Waals surface area contributed by atoms with Crippen LogP contribution in [-0.2, 0) is 11.0 Å². The fourth-order valence-electron chi connectivity index (χ4n) is 2.17. The number of nitrogens with one attached hydrogen (secondary N) is 2. The summed E-state index contributed by atoms with van der Waals surface area (Å²) < 4.78 is 42.3. The van der Waals surface area contributed by atoms with Crippen LogP contribution in [0, 0.1) is 0 Å². The summed E-state index contributed by atoms with van der Waals surface area (Å²) >= 11 is 0. The molecule has 5 nitrogen and oxygen atoms in total. The number of aromatic nitrogens is 1. The van der Waals surface area contributed by atoms with Crippen LogP contribution in [0.2, 0.25) is 0 Å². The van der Waals surface area contributed by atoms with E-state index in [1.807, 2.05) is 0 Å². The first kappa shape index (κ1) is 16.6. The maximum Gasteiger partial charge on any atom is 0.417 e. The zero-order chi connectivity index (χ0) is 18.0. The van der Waals surface area contributed by atoms with Crippen molar-refractivity contribution in [2.45, 2.75) is 6.18 Å². The molecule has 0 spiro atoms. The van der Waals surface area contributed by atoms with Gasteiger partial charge in [-0.15, -0.1) is 0 Å². The smallest absolute Gasteiger partial charge is 0.408 e. The average Bonchev–Trinajstić information content (AvgIpc) is 2.92. The van der Waals surface area contributed by atoms with E-state index >= 15 is 0 Å². The molecule has 0 fully saturated rings. The van der Waals surface area contributed by atoms with Crippen LogP contribution >= 0.6 is 0 Å². The van der Waals surface area contributed by atoms with Crippen LogP contribution in [0.1, 0.15) is 11.1 Å². The van der Waals surface area contributed by atoms with E-state index in [0.29, 0.717) is 22.4 Å². The molecule has 1 heterocycles. The van der Waals surface area contributed by atoms with Crippen LogP contribution in [0.5, 0.6) is 0 Å². The van der Waals surface area contributed by atoms with Gasteiger partial charge in [-0.3, -0.25) is 9.78 Å². The molecule has 8 heteroatoms. The molecule has 0 aliphatic rings. The quantitative estimate of drug-likeness (QED) is 0.707. The Labute approximate surface area is 138 Å². The van der Waals surface area contributed by atoms with E-state index < -0.39 is 23.4 Å². The Kier molecular flexibility index (Phi) is 4.18. The Morgan fingerprint density at radius 3 is 2.52 bits per heavy atom. The standard InChI is InChI=1S/C17H11F3N2O3/c18-17(19,20)11-4-1-10(2-5-11)3-8-15(23)21-12-6-7-14-13(9-12)22-16(24)25-14/h1-9H,(H,21,23)(H,22,24)/b8-3+. The van der Waals surface area contributed by atoms with E-state index in [-0.39, 0.29) is 0 Å². The Hall–Kier alpha value is -3.29. The van der Waals surface area contributed by atoms with Gasteiger partial charge in [-0.1, -0.05) is 12.1 Å². The predicted octanol–water partition coefficient (Wildman–Crippen LogP) is 3.79. The topological polar surface area (TPSA) is 75.1 Å². The number of benzene rings is 2. The number of rotatable bonds is 3. The molecule has 0 atom stereocenters. The van der Waals surface area contributed by atoms with E-state index in [4.69, 9.17) is 4.42 Å². The van der Waals surface area contributed by atoms with Gasteiger partial charge in [0.2, 0.25) is 5.91 Å². The number of hydrogen-bond donors (Lipinski definition) is 2. The number of H-pyrrole nitrogens is 1. The van der Waals surface area contributed by atoms with Gasteiger partial charge in [-0.05, 0) is 42.0 Å². The first-order valence-electron chi connectivity index (χ1n) is 7.10. The molecule has 0 bridgehead atoms. The van der Waals surface area contributed by atoms with Crippen molar-refractivity contribution < 1.29 is 22.4 Å². The molecule has 0 unspecified atom stereocenters. The SMILES string of the molecule is O=C(/C=C/c1ccc(C(F)(F)F)cc1)Nc1ccc2oc(=O)[nH]c2c1. The Morgan fingerprint density at radius 1 is 1.12 bits per heavy atom. The lowest BCUT2D eigenvalue weighted by atomic mass is 10.1. The van der Waals surface area contributed by atoms with E-state index in [2.05, 4.69) is 10.3 Å². The number of carbonyl (C=O) groups excluding carboxylic acids is 1. The highest BCUT2D eigenvalue weighted by atomic mass is 19.4. The monoisotopic (exact) mass is 348 g/mol. The molecule has 1 amide bonds. The Bertz CT molecular complexity index is 998. The third-order valence-electron chi connectivity index (χ3n) is 3.35. The molecular weight excluding hydrogens is 337 g/mol. The Morgan fingerprint density at radius 2 is 1.84 bits per heavy atom. The van der Waals surface area contributed by atoms with E-state index in [1.54, 1.807) is 6.07 Å². The fraction of sp³-hybridized carbons (Fsp3) is 0.0588. The summed E-state index contributed by atoms with van der Waals surface area (Å²) in [6.45, 7) is 0. The highest BCUT2D eigenvalue weighted by Gasteiger charge is 2.29. The summed E-state index contributed by atoms with van der Waals surface area (Å²) in [5.41, 5.74) is 0.943. The van der Waals surface area contributed by atoms with Gasteiger partial charge in [0.05, 0.1) is 11.1 Å². The third-order valence-corrected chi connectivity index (χ3v) is 3.35. The van der Waals surface area contributed by atoms with Gasteiger partial charge in [0.1, 0.15) is 0 Å². The number of aromatic amines is 1. The number of anilines is 1. The lowest BCUT2D eigenvalue weighted by Crippen LogP contribution is -2.07. The molecule has 128 valence electrons. The first-order chi connectivity index (χ1) is 11.8. The summed E-state index contributed by atoms with van der Waals surface area (Å²) in [6.07, 6.45) is -1.80. The first-order valence-corrected chi connectivity index (χ1v) is 7.10. The highest BCUT2D eigenvalue weighted by molar-refractivity contribution is 6.02. The molecule has 0 saturated heterocycles. The largest absolute Gasteiger partial charge is 0.417 e. The minimum absolute atomic E-state index is 0.364. The van der Waals surface area contributed by atoms with Gasteiger partial charge in [0.25, 0.3) is 0 Å². The van der Waals surface area contributed by atoms with Crippen molar-refractivity contribution in [3.05, 3.63) is 70.2 Å². The van der Waals surface area contributed by atoms with Gasteiger partial charge in [0, 0.05) is 11.8 Å². The lowest BCUT2D eigenvalue weighted by Gasteiger charge is -2.06. The zero-order valence-corrected chi connectivity index (χ0v) is 12.6. The molecule has 0 radical (unpaired) electrons. The molecule has 3 aromatic rings. The van der Waals surface area contributed by atoms with Crippen molar-refractivity contribution in [2.75, 3.05) is 5.32 Å². The minimum atomic E-state index is -4.40. The van der Waals surface area contributed by atoms with E-state index in [0.717, 1.165) is 12.1 Å². The lowest BCUT2D eigenvalue weighted by molar-refractivity contribution is -0.137. The summed E-state index contributed by atoms with van der Waals surface area (Å²) in [7, 11) is 0. The second-order valence-corrected chi connectivity index (χ2v) is 5.17. The molecule has 0 aliphatic heterocycles. The number of amides is 1. The average molecular weight is 348 g/mol. The third kappa shape index (κ3) is 3.97. The normalized spacial score (nSPS) is 12.0. The van der Waals surface area contributed by atoms with Crippen molar-refractivity contribution in [3.8, 4) is 0 Å². The highest BCUT2D eigenvalue weighted by Crippen LogP contribution is 2.29. The van der Waals surface area contributed by atoms with Crippen molar-refractivity contribution in [2.24, 2.45) is 0 Å². The predicted molar refractivity (Wildman–Crippen MR) is 85.9 cm³/mol. The molecule has 0 aliphatic carbocycles.